The minimum atomic E-state index is -0.447. The summed E-state index contributed by atoms with van der Waals surface area (Å²) < 4.78 is 26.8. The van der Waals surface area contributed by atoms with Crippen LogP contribution in [0.15, 0.2) is 23.2 Å². The largest absolute Gasteiger partial charge is 0.357 e. The van der Waals surface area contributed by atoms with Crippen LogP contribution in [0.1, 0.15) is 32.3 Å². The molecular formula is C18H27F2IN4O. The second-order valence-corrected chi connectivity index (χ2v) is 6.07. The van der Waals surface area contributed by atoms with Gasteiger partial charge in [0, 0.05) is 38.6 Å². The zero-order valence-corrected chi connectivity index (χ0v) is 17.6. The topological polar surface area (TPSA) is 56.7 Å². The van der Waals surface area contributed by atoms with E-state index in [0.717, 1.165) is 25.1 Å². The fourth-order valence-corrected chi connectivity index (χ4v) is 2.86. The van der Waals surface area contributed by atoms with Crippen molar-refractivity contribution in [2.45, 2.75) is 39.2 Å². The Morgan fingerprint density at radius 1 is 1.35 bits per heavy atom. The Bertz CT molecular complexity index is 627. The minimum Gasteiger partial charge on any atom is -0.357 e. The zero-order valence-electron chi connectivity index (χ0n) is 15.2. The summed E-state index contributed by atoms with van der Waals surface area (Å²) in [6.45, 7) is 6.28. The fraction of sp³-hybridized carbons (Fsp3) is 0.556. The van der Waals surface area contributed by atoms with Crippen molar-refractivity contribution in [2.75, 3.05) is 26.2 Å². The molecule has 1 aromatic rings. The predicted octanol–water partition coefficient (Wildman–Crippen LogP) is 2.69. The van der Waals surface area contributed by atoms with Crippen LogP contribution in [-0.2, 0) is 11.2 Å². The average molecular weight is 480 g/mol. The van der Waals surface area contributed by atoms with Gasteiger partial charge in [-0.25, -0.2) is 8.78 Å². The molecule has 0 bridgehead atoms. The third-order valence-corrected chi connectivity index (χ3v) is 4.19. The lowest BCUT2D eigenvalue weighted by Crippen LogP contribution is -2.45. The maximum absolute atomic E-state index is 13.6. The van der Waals surface area contributed by atoms with Crippen molar-refractivity contribution in [3.05, 3.63) is 35.4 Å². The van der Waals surface area contributed by atoms with E-state index in [1.165, 1.54) is 6.07 Å². The molecule has 0 saturated carbocycles. The van der Waals surface area contributed by atoms with E-state index >= 15 is 0 Å². The average Bonchev–Trinajstić information content (AvgIpc) is 3.06. The number of carbonyl (C=O) groups is 1. The van der Waals surface area contributed by atoms with Gasteiger partial charge in [-0.1, -0.05) is 6.92 Å². The van der Waals surface area contributed by atoms with E-state index < -0.39 is 11.6 Å². The number of nitrogens with zero attached hydrogens (tertiary/aromatic N) is 2. The molecule has 1 atom stereocenters. The molecule has 1 aromatic carbocycles. The lowest BCUT2D eigenvalue weighted by molar-refractivity contribution is -0.129. The number of amides is 1. The van der Waals surface area contributed by atoms with Gasteiger partial charge in [-0.3, -0.25) is 9.79 Å². The Labute approximate surface area is 170 Å². The lowest BCUT2D eigenvalue weighted by Gasteiger charge is -2.18. The quantitative estimate of drug-likeness (QED) is 0.374. The van der Waals surface area contributed by atoms with Crippen molar-refractivity contribution in [3.8, 4) is 0 Å². The van der Waals surface area contributed by atoms with Gasteiger partial charge in [0.2, 0.25) is 5.91 Å². The van der Waals surface area contributed by atoms with Crippen LogP contribution < -0.4 is 10.6 Å². The van der Waals surface area contributed by atoms with Crippen LogP contribution >= 0.6 is 24.0 Å². The molecular weight excluding hydrogens is 453 g/mol. The Hall–Kier alpha value is -1.45. The first-order valence-corrected chi connectivity index (χ1v) is 8.80. The van der Waals surface area contributed by atoms with Crippen molar-refractivity contribution in [1.29, 1.82) is 0 Å². The molecule has 0 radical (unpaired) electrons. The summed E-state index contributed by atoms with van der Waals surface area (Å²) in [4.78, 5) is 18.0. The molecule has 0 spiro atoms. The third-order valence-electron chi connectivity index (χ3n) is 4.19. The number of rotatable bonds is 6. The van der Waals surface area contributed by atoms with Gasteiger partial charge >= 0.3 is 0 Å². The highest BCUT2D eigenvalue weighted by atomic mass is 127. The molecule has 1 heterocycles. The summed E-state index contributed by atoms with van der Waals surface area (Å²) in [5.41, 5.74) is 0.320. The number of benzene rings is 1. The number of hydrogen-bond donors (Lipinski definition) is 2. The van der Waals surface area contributed by atoms with Gasteiger partial charge in [0.15, 0.2) is 5.96 Å². The summed E-state index contributed by atoms with van der Waals surface area (Å²) in [5.74, 6) is -0.0703. The molecule has 1 amide bonds. The third kappa shape index (κ3) is 6.69. The fourth-order valence-electron chi connectivity index (χ4n) is 2.86. The SMILES string of the molecule is CCNC(=NCCc1cc(F)ccc1F)NC1CCN(C(=O)CC)C1.I. The van der Waals surface area contributed by atoms with Crippen LogP contribution in [0, 0.1) is 11.6 Å². The highest BCUT2D eigenvalue weighted by Crippen LogP contribution is 2.11. The van der Waals surface area contributed by atoms with E-state index in [2.05, 4.69) is 15.6 Å². The number of nitrogens with one attached hydrogen (secondary N) is 2. The van der Waals surface area contributed by atoms with Gasteiger partial charge in [-0.05, 0) is 43.5 Å². The van der Waals surface area contributed by atoms with Gasteiger partial charge in [-0.2, -0.15) is 0 Å². The van der Waals surface area contributed by atoms with Crippen LogP contribution in [0.5, 0.6) is 0 Å². The van der Waals surface area contributed by atoms with E-state index in [1.54, 1.807) is 0 Å². The van der Waals surface area contributed by atoms with Crippen LogP contribution in [0.4, 0.5) is 8.78 Å². The van der Waals surface area contributed by atoms with Crippen molar-refractivity contribution in [2.24, 2.45) is 4.99 Å². The Morgan fingerprint density at radius 2 is 2.12 bits per heavy atom. The van der Waals surface area contributed by atoms with Gasteiger partial charge in [0.1, 0.15) is 11.6 Å². The van der Waals surface area contributed by atoms with Gasteiger partial charge in [-0.15, -0.1) is 24.0 Å². The van der Waals surface area contributed by atoms with Crippen LogP contribution in [-0.4, -0.2) is 49.0 Å². The monoisotopic (exact) mass is 480 g/mol. The van der Waals surface area contributed by atoms with E-state index in [1.807, 2.05) is 18.7 Å². The van der Waals surface area contributed by atoms with Crippen LogP contribution in [0.3, 0.4) is 0 Å². The Kier molecular flexibility index (Phi) is 9.82. The molecule has 1 unspecified atom stereocenters. The summed E-state index contributed by atoms with van der Waals surface area (Å²) in [7, 11) is 0. The maximum Gasteiger partial charge on any atom is 0.222 e. The maximum atomic E-state index is 13.6. The van der Waals surface area contributed by atoms with Crippen molar-refractivity contribution >= 4 is 35.8 Å². The molecule has 146 valence electrons. The van der Waals surface area contributed by atoms with Crippen molar-refractivity contribution in [3.63, 3.8) is 0 Å². The first kappa shape index (κ1) is 22.6. The number of guanidine groups is 1. The summed E-state index contributed by atoms with van der Waals surface area (Å²) in [6, 6.07) is 3.60. The number of carbonyl (C=O) groups excluding carboxylic acids is 1. The molecule has 26 heavy (non-hydrogen) atoms. The normalized spacial score (nSPS) is 17.0. The summed E-state index contributed by atoms with van der Waals surface area (Å²) >= 11 is 0. The molecule has 2 rings (SSSR count). The summed E-state index contributed by atoms with van der Waals surface area (Å²) in [6.07, 6.45) is 1.71. The zero-order chi connectivity index (χ0) is 18.2. The van der Waals surface area contributed by atoms with Gasteiger partial charge < -0.3 is 15.5 Å². The van der Waals surface area contributed by atoms with Gasteiger partial charge in [0.05, 0.1) is 0 Å². The predicted molar refractivity (Wildman–Crippen MR) is 110 cm³/mol. The Morgan fingerprint density at radius 3 is 2.81 bits per heavy atom. The lowest BCUT2D eigenvalue weighted by atomic mass is 10.1. The van der Waals surface area contributed by atoms with E-state index in [4.69, 9.17) is 0 Å². The van der Waals surface area contributed by atoms with Gasteiger partial charge in [0.25, 0.3) is 0 Å². The standard InChI is InChI=1S/C18H26F2N4O.HI/c1-3-17(25)24-10-8-15(12-24)23-18(21-4-2)22-9-7-13-11-14(19)5-6-16(13)20;/h5-6,11,15H,3-4,7-10,12H2,1-2H3,(H2,21,22,23);1H. The van der Waals surface area contributed by atoms with E-state index in [-0.39, 0.29) is 35.9 Å². The molecule has 1 aliphatic heterocycles. The number of hydrogen-bond acceptors (Lipinski definition) is 2. The van der Waals surface area contributed by atoms with Crippen LogP contribution in [0.2, 0.25) is 0 Å². The molecule has 2 N–H and O–H groups in total. The number of aliphatic imine (C=N–C) groups is 1. The molecule has 0 aliphatic carbocycles. The molecule has 8 heteroatoms. The minimum absolute atomic E-state index is 0. The van der Waals surface area contributed by atoms with E-state index in [9.17, 15) is 13.6 Å². The summed E-state index contributed by atoms with van der Waals surface area (Å²) in [5, 5.41) is 6.46. The first-order valence-electron chi connectivity index (χ1n) is 8.80. The molecule has 1 aliphatic rings. The van der Waals surface area contributed by atoms with Crippen molar-refractivity contribution in [1.82, 2.24) is 15.5 Å². The molecule has 5 nitrogen and oxygen atoms in total. The first-order chi connectivity index (χ1) is 12.0. The molecule has 1 saturated heterocycles. The second-order valence-electron chi connectivity index (χ2n) is 6.07. The number of likely N-dealkylation sites (tertiary alicyclic amines) is 1. The second kappa shape index (κ2) is 11.3. The highest BCUT2D eigenvalue weighted by molar-refractivity contribution is 14.0. The Balaban J connectivity index is 0.00000338. The highest BCUT2D eigenvalue weighted by Gasteiger charge is 2.25. The number of halogens is 3. The smallest absolute Gasteiger partial charge is 0.222 e. The molecule has 0 aromatic heterocycles. The van der Waals surface area contributed by atoms with Crippen LogP contribution in [0.25, 0.3) is 0 Å². The molecule has 1 fully saturated rings. The van der Waals surface area contributed by atoms with Crippen molar-refractivity contribution < 1.29 is 13.6 Å². The van der Waals surface area contributed by atoms with E-state index in [0.29, 0.717) is 44.0 Å².